The number of carboxylic acid groups (broad SMARTS) is 1. The first kappa shape index (κ1) is 31.0. The van der Waals surface area contributed by atoms with E-state index in [0.717, 1.165) is 0 Å². The molecule has 0 fully saturated rings. The summed E-state index contributed by atoms with van der Waals surface area (Å²) >= 11 is 0. The molecule has 4 unspecified atom stereocenters. The van der Waals surface area contributed by atoms with Crippen LogP contribution in [0.4, 0.5) is 0 Å². The normalized spacial score (nSPS) is 14.1. The van der Waals surface area contributed by atoms with E-state index in [0.29, 0.717) is 0 Å². The number of aliphatic imine (C=N–C) groups is 1. The maximum Gasteiger partial charge on any atom is 0.326 e. The molecule has 5 amide bonds. The fraction of sp³-hybridized carbons (Fsp3) is 0.632. The molecular weight excluding hydrogens is 466 g/mol. The maximum absolute atomic E-state index is 12.8. The number of primary amides is 2. The molecule has 0 saturated heterocycles. The number of nitrogens with zero attached hydrogens (tertiary/aromatic N) is 1. The van der Waals surface area contributed by atoms with E-state index < -0.39 is 78.4 Å². The van der Waals surface area contributed by atoms with E-state index in [1.807, 2.05) is 0 Å². The van der Waals surface area contributed by atoms with E-state index in [-0.39, 0.29) is 25.3 Å². The molecular formula is C19H35N9O7. The van der Waals surface area contributed by atoms with Gasteiger partial charge in [0.1, 0.15) is 18.1 Å². The van der Waals surface area contributed by atoms with Gasteiger partial charge in [0.15, 0.2) is 5.96 Å². The SMILES string of the molecule is CC(C)C(NC(=O)C(CC(N)=O)NC(=O)C(N)CC(N)=O)C(=O)NC(CCCN=C(N)N)C(=O)O. The highest BCUT2D eigenvalue weighted by molar-refractivity contribution is 5.97. The first-order valence-corrected chi connectivity index (χ1v) is 10.7. The number of guanidine groups is 1. The fourth-order valence-corrected chi connectivity index (χ4v) is 2.81. The van der Waals surface area contributed by atoms with Crippen LogP contribution in [0.25, 0.3) is 0 Å². The Bertz CT molecular complexity index is 827. The lowest BCUT2D eigenvalue weighted by molar-refractivity contribution is -0.143. The Labute approximate surface area is 201 Å². The van der Waals surface area contributed by atoms with Gasteiger partial charge in [-0.05, 0) is 18.8 Å². The largest absolute Gasteiger partial charge is 0.480 e. The summed E-state index contributed by atoms with van der Waals surface area (Å²) in [6.45, 7) is 3.33. The second-order valence-corrected chi connectivity index (χ2v) is 8.09. The third-order valence-electron chi connectivity index (χ3n) is 4.60. The van der Waals surface area contributed by atoms with Crippen molar-refractivity contribution in [3.63, 3.8) is 0 Å². The summed E-state index contributed by atoms with van der Waals surface area (Å²) in [6, 6.07) is -5.41. The highest BCUT2D eigenvalue weighted by atomic mass is 16.4. The maximum atomic E-state index is 12.8. The molecule has 0 aromatic carbocycles. The van der Waals surface area contributed by atoms with Crippen LogP contribution < -0.4 is 44.6 Å². The Kier molecular flexibility index (Phi) is 13.4. The van der Waals surface area contributed by atoms with E-state index in [1.54, 1.807) is 13.8 Å². The predicted octanol–water partition coefficient (Wildman–Crippen LogP) is -4.69. The van der Waals surface area contributed by atoms with Crippen molar-refractivity contribution < 1.29 is 33.9 Å². The van der Waals surface area contributed by atoms with Crippen molar-refractivity contribution >= 4 is 41.5 Å². The van der Waals surface area contributed by atoms with Gasteiger partial charge in [-0.1, -0.05) is 13.8 Å². The number of hydrogen-bond donors (Lipinski definition) is 9. The summed E-state index contributed by atoms with van der Waals surface area (Å²) in [4.78, 5) is 75.3. The fourth-order valence-electron chi connectivity index (χ4n) is 2.81. The Morgan fingerprint density at radius 2 is 1.34 bits per heavy atom. The van der Waals surface area contributed by atoms with E-state index in [1.165, 1.54) is 0 Å². The molecule has 0 heterocycles. The summed E-state index contributed by atoms with van der Waals surface area (Å²) < 4.78 is 0. The molecule has 0 bridgehead atoms. The number of rotatable bonds is 16. The number of carbonyl (C=O) groups is 6. The van der Waals surface area contributed by atoms with Crippen molar-refractivity contribution in [1.82, 2.24) is 16.0 Å². The van der Waals surface area contributed by atoms with Gasteiger partial charge in [-0.25, -0.2) is 4.79 Å². The quantitative estimate of drug-likeness (QED) is 0.0552. The molecule has 4 atom stereocenters. The monoisotopic (exact) mass is 501 g/mol. The summed E-state index contributed by atoms with van der Waals surface area (Å²) in [7, 11) is 0. The van der Waals surface area contributed by atoms with E-state index in [4.69, 9.17) is 28.7 Å². The van der Waals surface area contributed by atoms with Crippen molar-refractivity contribution in [2.45, 2.75) is 63.7 Å². The average molecular weight is 502 g/mol. The van der Waals surface area contributed by atoms with E-state index in [9.17, 15) is 33.9 Å². The van der Waals surface area contributed by atoms with Gasteiger partial charge < -0.3 is 49.7 Å². The van der Waals surface area contributed by atoms with E-state index in [2.05, 4.69) is 20.9 Å². The van der Waals surface area contributed by atoms with Crippen molar-refractivity contribution in [2.75, 3.05) is 6.54 Å². The van der Waals surface area contributed by atoms with Crippen LogP contribution in [0.15, 0.2) is 4.99 Å². The summed E-state index contributed by atoms with van der Waals surface area (Å²) in [6.07, 6.45) is -0.871. The first-order chi connectivity index (χ1) is 16.1. The molecule has 0 aliphatic carbocycles. The molecule has 14 N–H and O–H groups in total. The Morgan fingerprint density at radius 3 is 1.80 bits per heavy atom. The smallest absolute Gasteiger partial charge is 0.326 e. The molecule has 16 nitrogen and oxygen atoms in total. The van der Waals surface area contributed by atoms with E-state index >= 15 is 0 Å². The molecule has 198 valence electrons. The van der Waals surface area contributed by atoms with Crippen LogP contribution in [-0.2, 0) is 28.8 Å². The van der Waals surface area contributed by atoms with Crippen LogP contribution in [0.2, 0.25) is 0 Å². The minimum atomic E-state index is -1.51. The van der Waals surface area contributed by atoms with Crippen LogP contribution >= 0.6 is 0 Å². The van der Waals surface area contributed by atoms with Gasteiger partial charge in [-0.2, -0.15) is 0 Å². The van der Waals surface area contributed by atoms with Crippen molar-refractivity contribution in [3.05, 3.63) is 0 Å². The van der Waals surface area contributed by atoms with Gasteiger partial charge >= 0.3 is 5.97 Å². The third-order valence-corrected chi connectivity index (χ3v) is 4.60. The molecule has 0 aromatic heterocycles. The molecule has 0 aliphatic rings. The molecule has 16 heteroatoms. The number of amides is 5. The standard InChI is InChI=1S/C19H35N9O7/c1-8(2)14(17(33)26-10(18(34)35)4-3-5-25-19(23)24)28-16(32)11(7-13(22)30)27-15(31)9(20)6-12(21)29/h8-11,14H,3-7,20H2,1-2H3,(H2,21,29)(H2,22,30)(H,26,33)(H,27,31)(H,28,32)(H,34,35)(H4,23,24,25). The topological polar surface area (TPSA) is 301 Å². The minimum Gasteiger partial charge on any atom is -0.480 e. The highest BCUT2D eigenvalue weighted by Crippen LogP contribution is 2.07. The van der Waals surface area contributed by atoms with Crippen LogP contribution in [0, 0.1) is 5.92 Å². The molecule has 0 radical (unpaired) electrons. The summed E-state index contributed by atoms with van der Waals surface area (Å²) in [5, 5.41) is 16.3. The second-order valence-electron chi connectivity index (χ2n) is 8.09. The number of carboxylic acids is 1. The molecule has 0 rings (SSSR count). The Hall–Kier alpha value is -3.95. The zero-order valence-electron chi connectivity index (χ0n) is 19.7. The lowest BCUT2D eigenvalue weighted by Gasteiger charge is -2.26. The Morgan fingerprint density at radius 1 is 0.800 bits per heavy atom. The number of hydrogen-bond acceptors (Lipinski definition) is 8. The van der Waals surface area contributed by atoms with Gasteiger partial charge in [-0.3, -0.25) is 29.0 Å². The second kappa shape index (κ2) is 15.0. The lowest BCUT2D eigenvalue weighted by Crippen LogP contribution is -2.59. The zero-order chi connectivity index (χ0) is 27.3. The van der Waals surface area contributed by atoms with Gasteiger partial charge in [-0.15, -0.1) is 0 Å². The molecule has 0 spiro atoms. The Balaban J connectivity index is 5.40. The zero-order valence-corrected chi connectivity index (χ0v) is 19.7. The minimum absolute atomic E-state index is 0.00865. The average Bonchev–Trinajstić information content (AvgIpc) is 2.71. The van der Waals surface area contributed by atoms with Crippen LogP contribution in [0.1, 0.15) is 39.5 Å². The van der Waals surface area contributed by atoms with Gasteiger partial charge in [0.05, 0.1) is 18.9 Å². The number of carbonyl (C=O) groups excluding carboxylic acids is 5. The number of aliphatic carboxylic acids is 1. The summed E-state index contributed by atoms with van der Waals surface area (Å²) in [5.41, 5.74) is 26.1. The van der Waals surface area contributed by atoms with Crippen molar-refractivity contribution in [3.8, 4) is 0 Å². The highest BCUT2D eigenvalue weighted by Gasteiger charge is 2.32. The van der Waals surface area contributed by atoms with Gasteiger partial charge in [0.2, 0.25) is 29.5 Å². The van der Waals surface area contributed by atoms with Crippen molar-refractivity contribution in [1.29, 1.82) is 0 Å². The lowest BCUT2D eigenvalue weighted by atomic mass is 10.0. The molecule has 0 saturated carbocycles. The van der Waals surface area contributed by atoms with Gasteiger partial charge in [0.25, 0.3) is 0 Å². The van der Waals surface area contributed by atoms with Gasteiger partial charge in [0, 0.05) is 6.54 Å². The number of nitrogens with two attached hydrogens (primary N) is 5. The number of nitrogens with one attached hydrogen (secondary N) is 3. The predicted molar refractivity (Wildman–Crippen MR) is 124 cm³/mol. The molecule has 0 aromatic rings. The van der Waals surface area contributed by atoms with Crippen LogP contribution in [0.3, 0.4) is 0 Å². The summed E-state index contributed by atoms with van der Waals surface area (Å²) in [5.74, 6) is -6.47. The molecule has 0 aliphatic heterocycles. The first-order valence-electron chi connectivity index (χ1n) is 10.7. The van der Waals surface area contributed by atoms with Crippen LogP contribution in [-0.4, -0.2) is 77.3 Å². The van der Waals surface area contributed by atoms with Crippen molar-refractivity contribution in [2.24, 2.45) is 39.6 Å². The van der Waals surface area contributed by atoms with Crippen LogP contribution in [0.5, 0.6) is 0 Å². The molecule has 35 heavy (non-hydrogen) atoms. The third kappa shape index (κ3) is 12.8.